The van der Waals surface area contributed by atoms with Crippen molar-refractivity contribution < 1.29 is 54.4 Å². The molecule has 2 amide bonds. The van der Waals surface area contributed by atoms with Crippen LogP contribution >= 0.6 is 23.5 Å². The summed E-state index contributed by atoms with van der Waals surface area (Å²) in [4.78, 5) is 25.8. The van der Waals surface area contributed by atoms with Gasteiger partial charge in [0, 0.05) is 25.9 Å². The molecule has 6 aromatic carbocycles. The number of nitrogens with one attached hydrogen (secondary N) is 2. The number of aliphatic hydroxyl groups excluding tert-OH is 6. The van der Waals surface area contributed by atoms with E-state index in [0.29, 0.717) is 12.8 Å². The summed E-state index contributed by atoms with van der Waals surface area (Å²) in [6.07, 6.45) is 0.939. The lowest BCUT2D eigenvalue weighted by molar-refractivity contribution is -0.372. The van der Waals surface area contributed by atoms with Crippen LogP contribution in [0.15, 0.2) is 182 Å². The summed E-state index contributed by atoms with van der Waals surface area (Å²) < 4.78 is 16.8. The molecule has 2 heterocycles. The van der Waals surface area contributed by atoms with Gasteiger partial charge in [-0.2, -0.15) is 0 Å². The van der Waals surface area contributed by atoms with Crippen molar-refractivity contribution in [1.29, 1.82) is 0 Å². The van der Waals surface area contributed by atoms with Crippen LogP contribution in [0.5, 0.6) is 0 Å². The average Bonchev–Trinajstić information content (AvgIpc) is 1.02. The number of amides is 2. The summed E-state index contributed by atoms with van der Waals surface area (Å²) in [5.74, 6) is 1.53. The molecule has 2 saturated heterocycles. The van der Waals surface area contributed by atoms with Gasteiger partial charge in [-0.1, -0.05) is 259 Å². The maximum absolute atomic E-state index is 12.9. The zero-order valence-electron chi connectivity index (χ0n) is 50.2. The lowest BCUT2D eigenvalue weighted by atomic mass is 9.84. The molecule has 0 saturated carbocycles. The molecule has 8 N–H and O–H groups in total. The van der Waals surface area contributed by atoms with Crippen LogP contribution in [0.2, 0.25) is 0 Å². The number of rotatable bonds is 36. The van der Waals surface area contributed by atoms with Crippen LogP contribution < -0.4 is 10.6 Å². The van der Waals surface area contributed by atoms with Crippen molar-refractivity contribution >= 4 is 35.3 Å². The number of hydrogen-bond donors (Lipinski definition) is 8. The molecule has 0 radical (unpaired) electrons. The zero-order valence-corrected chi connectivity index (χ0v) is 51.8. The van der Waals surface area contributed by atoms with E-state index < -0.39 is 61.4 Å². The van der Waals surface area contributed by atoms with Crippen molar-refractivity contribution in [3.63, 3.8) is 0 Å². The van der Waals surface area contributed by atoms with Crippen molar-refractivity contribution in [2.45, 2.75) is 186 Å². The first-order valence-electron chi connectivity index (χ1n) is 31.7. The third-order valence-electron chi connectivity index (χ3n) is 16.9. The van der Waals surface area contributed by atoms with E-state index in [1.165, 1.54) is 33.4 Å². The highest BCUT2D eigenvalue weighted by Gasteiger charge is 2.50. The maximum atomic E-state index is 12.9. The number of carbonyl (C=O) groups is 2. The van der Waals surface area contributed by atoms with Gasteiger partial charge < -0.3 is 55.5 Å². The normalized spacial score (nSPS) is 22.4. The molecule has 0 aliphatic carbocycles. The molecule has 0 spiro atoms. The third kappa shape index (κ3) is 18.8. The minimum atomic E-state index is -1.79. The molecular formula is C72H92N2O11S2. The molecule has 13 nitrogen and oxygen atoms in total. The summed E-state index contributed by atoms with van der Waals surface area (Å²) in [6.45, 7) is -0.395. The van der Waals surface area contributed by atoms with Gasteiger partial charge >= 0.3 is 0 Å². The molecule has 468 valence electrons. The second-order valence-electron chi connectivity index (χ2n) is 23.2. The number of aliphatic hydroxyl groups is 6. The van der Waals surface area contributed by atoms with Gasteiger partial charge in [-0.3, -0.25) is 9.59 Å². The van der Waals surface area contributed by atoms with Crippen LogP contribution in [0.3, 0.4) is 0 Å². The number of hydrogen-bond acceptors (Lipinski definition) is 13. The Morgan fingerprint density at radius 2 is 0.586 bits per heavy atom. The average molecular weight is 1230 g/mol. The van der Waals surface area contributed by atoms with E-state index in [4.69, 9.17) is 14.2 Å². The van der Waals surface area contributed by atoms with Gasteiger partial charge in [0.05, 0.1) is 9.49 Å². The Balaban J connectivity index is 0.672. The number of benzene rings is 6. The SMILES string of the molecule is O=C(CCCCCCCCCCSC(c1ccccc1)(c1ccccc1)c1ccccc1)NC[C@H]1O[C@H](O[C@H]2O[C@H](CNC(=O)CCCCCCCCCCSC(c3ccccc3)(c3ccccc3)c3ccccc3)[C@@H](O)[C@H](O)[C@H]2O)[C@H](O)[C@@H](O)[C@@H]1O. The quantitative estimate of drug-likeness (QED) is 0.0136. The lowest BCUT2D eigenvalue weighted by Gasteiger charge is -2.45. The Labute approximate surface area is 524 Å². The summed E-state index contributed by atoms with van der Waals surface area (Å²) in [5.41, 5.74) is 7.64. The molecule has 87 heavy (non-hydrogen) atoms. The van der Waals surface area contributed by atoms with E-state index in [1.54, 1.807) is 0 Å². The van der Waals surface area contributed by atoms with Crippen molar-refractivity contribution in [2.24, 2.45) is 0 Å². The maximum Gasteiger partial charge on any atom is 0.220 e. The second kappa shape index (κ2) is 35.7. The van der Waals surface area contributed by atoms with Gasteiger partial charge in [0.2, 0.25) is 11.8 Å². The van der Waals surface area contributed by atoms with Crippen molar-refractivity contribution in [3.05, 3.63) is 215 Å². The molecule has 2 fully saturated rings. The van der Waals surface area contributed by atoms with Crippen molar-refractivity contribution in [3.8, 4) is 0 Å². The van der Waals surface area contributed by atoms with Gasteiger partial charge in [-0.05, 0) is 70.6 Å². The Kier molecular flexibility index (Phi) is 27.7. The molecule has 10 atom stereocenters. The van der Waals surface area contributed by atoms with E-state index >= 15 is 0 Å². The van der Waals surface area contributed by atoms with Crippen LogP contribution in [0.1, 0.15) is 149 Å². The molecular weight excluding hydrogens is 1130 g/mol. The van der Waals surface area contributed by atoms with Crippen LogP contribution in [-0.4, -0.2) is 128 Å². The van der Waals surface area contributed by atoms with Crippen LogP contribution in [0.25, 0.3) is 0 Å². The minimum absolute atomic E-state index is 0.198. The Morgan fingerprint density at radius 1 is 0.345 bits per heavy atom. The fourth-order valence-corrected chi connectivity index (χ4v) is 15.1. The van der Waals surface area contributed by atoms with E-state index in [9.17, 15) is 40.2 Å². The highest BCUT2D eigenvalue weighted by molar-refractivity contribution is 8.00. The third-order valence-corrected chi connectivity index (χ3v) is 20.2. The topological polar surface area (TPSA) is 207 Å². The summed E-state index contributed by atoms with van der Waals surface area (Å²) in [7, 11) is 0. The Morgan fingerprint density at radius 3 is 0.851 bits per heavy atom. The summed E-state index contributed by atoms with van der Waals surface area (Å²) in [5, 5.41) is 70.4. The Bertz CT molecular complexity index is 2480. The largest absolute Gasteiger partial charge is 0.388 e. The van der Waals surface area contributed by atoms with Gasteiger partial charge in [0.1, 0.15) is 48.8 Å². The predicted molar refractivity (Wildman–Crippen MR) is 347 cm³/mol. The fraction of sp³-hybridized carbons (Fsp3) is 0.472. The van der Waals surface area contributed by atoms with Crippen molar-refractivity contribution in [2.75, 3.05) is 24.6 Å². The van der Waals surface area contributed by atoms with Gasteiger partial charge in [-0.15, -0.1) is 23.5 Å². The van der Waals surface area contributed by atoms with Gasteiger partial charge in [-0.25, -0.2) is 0 Å². The van der Waals surface area contributed by atoms with Gasteiger partial charge in [0.25, 0.3) is 0 Å². The van der Waals surface area contributed by atoms with E-state index in [1.807, 2.05) is 23.5 Å². The molecule has 6 aromatic rings. The highest BCUT2D eigenvalue weighted by atomic mass is 32.2. The number of ether oxygens (including phenoxy) is 3. The summed E-state index contributed by atoms with van der Waals surface area (Å²) >= 11 is 4.00. The van der Waals surface area contributed by atoms with Crippen molar-refractivity contribution in [1.82, 2.24) is 10.6 Å². The monoisotopic (exact) mass is 1220 g/mol. The first kappa shape index (κ1) is 67.5. The first-order chi connectivity index (χ1) is 42.5. The molecule has 0 unspecified atom stereocenters. The zero-order chi connectivity index (χ0) is 61.1. The van der Waals surface area contributed by atoms with Crippen LogP contribution in [-0.2, 0) is 33.3 Å². The van der Waals surface area contributed by atoms with E-state index in [2.05, 4.69) is 193 Å². The number of unbranched alkanes of at least 4 members (excludes halogenated alkanes) is 14. The Hall–Kier alpha value is -5.40. The predicted octanol–water partition coefficient (Wildman–Crippen LogP) is 11.3. The second-order valence-corrected chi connectivity index (χ2v) is 25.8. The lowest BCUT2D eigenvalue weighted by Crippen LogP contribution is -2.64. The van der Waals surface area contributed by atoms with Gasteiger partial charge in [0.15, 0.2) is 12.6 Å². The first-order valence-corrected chi connectivity index (χ1v) is 33.7. The molecule has 0 bridgehead atoms. The molecule has 8 rings (SSSR count). The highest BCUT2D eigenvalue weighted by Crippen LogP contribution is 2.50. The molecule has 15 heteroatoms. The van der Waals surface area contributed by atoms with E-state index in [-0.39, 0.29) is 47.2 Å². The standard InChI is InChI=1S/C72H92N2O11S2/c75-61(47-31-9-5-1-3-7-11-33-49-86-71(53-35-19-13-20-36-53,54-37-21-14-22-38-54)55-39-23-15-24-40-55)73-51-59-63(77)65(79)67(81)69(83-59)85-70-68(82)66(80)64(78)60(84-70)52-74-62(76)48-32-10-6-2-4-8-12-34-50-87-72(56-41-25-16-26-42-56,57-43-27-17-28-44-57)58-45-29-18-30-46-58/h13-30,35-46,59-60,63-70,77-82H,1-12,31-34,47-52H2,(H,73,75)(H,74,76)/t59-,60-,63-,64-,65+,66+,67-,68-,69-,70-/m1/s1. The van der Waals surface area contributed by atoms with Crippen LogP contribution in [0, 0.1) is 0 Å². The van der Waals surface area contributed by atoms with Crippen LogP contribution in [0.4, 0.5) is 0 Å². The van der Waals surface area contributed by atoms with E-state index in [0.717, 1.165) is 101 Å². The molecule has 2 aliphatic heterocycles. The minimum Gasteiger partial charge on any atom is -0.388 e. The molecule has 0 aromatic heterocycles. The number of carbonyl (C=O) groups excluding carboxylic acids is 2. The fourth-order valence-electron chi connectivity index (χ4n) is 12.0. The molecule has 2 aliphatic rings. The summed E-state index contributed by atoms with van der Waals surface area (Å²) in [6, 6.07) is 64.7. The number of thioether (sulfide) groups is 2. The smallest absolute Gasteiger partial charge is 0.220 e.